The third kappa shape index (κ3) is 4.81. The minimum Gasteiger partial charge on any atom is -0.504 e. The van der Waals surface area contributed by atoms with Gasteiger partial charge in [-0.25, -0.2) is 9.59 Å². The molecule has 0 aromatic carbocycles. The molecule has 1 rings (SSSR count). The van der Waals surface area contributed by atoms with Gasteiger partial charge in [-0.3, -0.25) is 4.99 Å². The van der Waals surface area contributed by atoms with Gasteiger partial charge in [-0.05, 0) is 18.4 Å². The number of alkyl halides is 3. The molecule has 0 atom stereocenters. The first-order valence-electron chi connectivity index (χ1n) is 6.09. The summed E-state index contributed by atoms with van der Waals surface area (Å²) in [6.45, 7) is 1.21. The van der Waals surface area contributed by atoms with Gasteiger partial charge in [0, 0.05) is 6.21 Å². The largest absolute Gasteiger partial charge is 0.504 e. The molecule has 1 N–H and O–H groups in total. The lowest BCUT2D eigenvalue weighted by Gasteiger charge is -2.09. The average molecular weight is 351 g/mol. The zero-order valence-electron chi connectivity index (χ0n) is 12.0. The molecule has 0 spiro atoms. The molecule has 0 saturated carbocycles. The van der Waals surface area contributed by atoms with E-state index in [4.69, 9.17) is 5.11 Å². The number of carbonyl (C=O) groups is 2. The summed E-state index contributed by atoms with van der Waals surface area (Å²) >= 11 is 0.961. The fourth-order valence-corrected chi connectivity index (χ4v) is 2.11. The Hall–Kier alpha value is -2.36. The first-order valence-corrected chi connectivity index (χ1v) is 6.97. The molecule has 1 aromatic rings. The van der Waals surface area contributed by atoms with Gasteiger partial charge in [0.1, 0.15) is 10.5 Å². The number of allylic oxidation sites excluding steroid dienone is 1. The van der Waals surface area contributed by atoms with E-state index in [2.05, 4.69) is 14.5 Å². The molecule has 0 aliphatic heterocycles. The van der Waals surface area contributed by atoms with Gasteiger partial charge in [0.05, 0.1) is 19.4 Å². The summed E-state index contributed by atoms with van der Waals surface area (Å²) in [5.74, 6) is -4.25. The van der Waals surface area contributed by atoms with Crippen molar-refractivity contribution < 1.29 is 37.3 Å². The van der Waals surface area contributed by atoms with E-state index in [9.17, 15) is 22.8 Å². The minimum atomic E-state index is -5.14. The van der Waals surface area contributed by atoms with Gasteiger partial charge in [0.25, 0.3) is 0 Å². The lowest BCUT2D eigenvalue weighted by atomic mass is 10.2. The summed E-state index contributed by atoms with van der Waals surface area (Å²) in [5, 5.41) is 10.6. The maximum Gasteiger partial charge on any atom is 0.449 e. The predicted molar refractivity (Wildman–Crippen MR) is 76.2 cm³/mol. The molecule has 0 fully saturated rings. The Bertz CT molecular complexity index is 648. The number of hydrogen-bond acceptors (Lipinski definition) is 7. The van der Waals surface area contributed by atoms with Crippen LogP contribution in [0.3, 0.4) is 0 Å². The Morgan fingerprint density at radius 3 is 2.61 bits per heavy atom. The molecule has 0 unspecified atom stereocenters. The maximum atomic E-state index is 12.6. The summed E-state index contributed by atoms with van der Waals surface area (Å²) in [6.07, 6.45) is -4.65. The van der Waals surface area contributed by atoms with Gasteiger partial charge in [0.2, 0.25) is 5.76 Å². The summed E-state index contributed by atoms with van der Waals surface area (Å²) in [6, 6.07) is 1.35. The second-order valence-corrected chi connectivity index (χ2v) is 4.78. The molecular weight excluding hydrogens is 339 g/mol. The highest BCUT2D eigenvalue weighted by atomic mass is 32.1. The van der Waals surface area contributed by atoms with Crippen molar-refractivity contribution in [1.29, 1.82) is 0 Å². The topological polar surface area (TPSA) is 85.2 Å². The quantitative estimate of drug-likeness (QED) is 0.381. The van der Waals surface area contributed by atoms with E-state index in [1.165, 1.54) is 18.4 Å². The molecule has 0 radical (unpaired) electrons. The number of halogens is 3. The van der Waals surface area contributed by atoms with Crippen LogP contribution in [-0.2, 0) is 14.3 Å². The van der Waals surface area contributed by atoms with Crippen LogP contribution in [0, 0.1) is 0 Å². The predicted octanol–water partition coefficient (Wildman–Crippen LogP) is 3.17. The van der Waals surface area contributed by atoms with Crippen LogP contribution in [0.15, 0.2) is 27.8 Å². The molecule has 126 valence electrons. The summed E-state index contributed by atoms with van der Waals surface area (Å²) < 4.78 is 46.7. The van der Waals surface area contributed by atoms with Crippen molar-refractivity contribution >= 4 is 35.2 Å². The Balaban J connectivity index is 3.24. The molecule has 1 heterocycles. The average Bonchev–Trinajstić information content (AvgIpc) is 2.94. The Morgan fingerprint density at radius 2 is 2.09 bits per heavy atom. The molecular formula is C13H12F3NO5S. The normalized spacial score (nSPS) is 12.9. The number of rotatable bonds is 5. The second kappa shape index (κ2) is 7.77. The van der Waals surface area contributed by atoms with E-state index in [0.29, 0.717) is 6.21 Å². The van der Waals surface area contributed by atoms with Gasteiger partial charge in [-0.15, -0.1) is 11.3 Å². The molecule has 10 heteroatoms. The first kappa shape index (κ1) is 18.7. The molecule has 0 aliphatic carbocycles. The number of esters is 2. The van der Waals surface area contributed by atoms with Crippen LogP contribution in [0.2, 0.25) is 0 Å². The van der Waals surface area contributed by atoms with Crippen molar-refractivity contribution in [2.75, 3.05) is 13.7 Å². The van der Waals surface area contributed by atoms with E-state index in [1.807, 2.05) is 0 Å². The number of aliphatic hydroxyl groups excluding tert-OH is 1. The molecule has 6 nitrogen and oxygen atoms in total. The highest BCUT2D eigenvalue weighted by Gasteiger charge is 2.38. The Morgan fingerprint density at radius 1 is 1.43 bits per heavy atom. The summed E-state index contributed by atoms with van der Waals surface area (Å²) in [7, 11) is 1.13. The lowest BCUT2D eigenvalue weighted by molar-refractivity contribution is -0.141. The number of carbonyl (C=O) groups excluding carboxylic acids is 2. The number of ether oxygens (including phenoxy) is 2. The van der Waals surface area contributed by atoms with Crippen molar-refractivity contribution in [2.45, 2.75) is 13.1 Å². The number of hydrogen-bond donors (Lipinski definition) is 1. The zero-order chi connectivity index (χ0) is 17.6. The maximum absolute atomic E-state index is 12.6. The van der Waals surface area contributed by atoms with Crippen molar-refractivity contribution in [3.05, 3.63) is 27.7 Å². The van der Waals surface area contributed by atoms with Crippen molar-refractivity contribution in [3.63, 3.8) is 0 Å². The molecule has 1 aromatic heterocycles. The third-order valence-corrected chi connectivity index (χ3v) is 3.25. The second-order valence-electron chi connectivity index (χ2n) is 3.87. The van der Waals surface area contributed by atoms with Crippen LogP contribution >= 0.6 is 11.3 Å². The SMILES string of the molecule is CCOC(=O)/C(C=Nc1ccsc1C(=O)OC)=C(/O)C(F)(F)F. The van der Waals surface area contributed by atoms with E-state index >= 15 is 0 Å². The van der Waals surface area contributed by atoms with Crippen LogP contribution in [0.4, 0.5) is 18.9 Å². The van der Waals surface area contributed by atoms with Gasteiger partial charge >= 0.3 is 18.1 Å². The van der Waals surface area contributed by atoms with Crippen LogP contribution in [0.25, 0.3) is 0 Å². The summed E-state index contributed by atoms with van der Waals surface area (Å²) in [5.41, 5.74) is -1.17. The van der Waals surface area contributed by atoms with Gasteiger partial charge in [-0.1, -0.05) is 0 Å². The van der Waals surface area contributed by atoms with Crippen LogP contribution < -0.4 is 0 Å². The van der Waals surface area contributed by atoms with Crippen molar-refractivity contribution in [3.8, 4) is 0 Å². The molecule has 0 amide bonds. The third-order valence-electron chi connectivity index (χ3n) is 2.37. The van der Waals surface area contributed by atoms with E-state index in [-0.39, 0.29) is 17.2 Å². The molecule has 0 bridgehead atoms. The standard InChI is InChI=1S/C13H12F3NO5S/c1-3-22-11(19)7(10(18)13(14,15)16)6-17-8-4-5-23-9(8)12(20)21-2/h4-6,18H,3H2,1-2H3/b10-7+,17-6?. The lowest BCUT2D eigenvalue weighted by Crippen LogP contribution is -2.20. The smallest absolute Gasteiger partial charge is 0.449 e. The van der Waals surface area contributed by atoms with E-state index < -0.39 is 29.4 Å². The highest BCUT2D eigenvalue weighted by molar-refractivity contribution is 7.12. The zero-order valence-corrected chi connectivity index (χ0v) is 12.8. The molecule has 23 heavy (non-hydrogen) atoms. The number of nitrogens with zero attached hydrogens (tertiary/aromatic N) is 1. The number of methoxy groups -OCH3 is 1. The minimum absolute atomic E-state index is 0.00128. The van der Waals surface area contributed by atoms with Gasteiger partial charge in [-0.2, -0.15) is 13.2 Å². The van der Waals surface area contributed by atoms with Gasteiger partial charge < -0.3 is 14.6 Å². The fraction of sp³-hybridized carbons (Fsp3) is 0.308. The van der Waals surface area contributed by atoms with Crippen molar-refractivity contribution in [1.82, 2.24) is 0 Å². The highest BCUT2D eigenvalue weighted by Crippen LogP contribution is 2.28. The Labute approximate surface area is 132 Å². The summed E-state index contributed by atoms with van der Waals surface area (Å²) in [4.78, 5) is 26.7. The van der Waals surface area contributed by atoms with E-state index in [0.717, 1.165) is 18.4 Å². The molecule has 0 saturated heterocycles. The first-order chi connectivity index (χ1) is 10.7. The van der Waals surface area contributed by atoms with Gasteiger partial charge in [0.15, 0.2) is 0 Å². The number of aliphatic imine (C=N–C) groups is 1. The monoisotopic (exact) mass is 351 g/mol. The van der Waals surface area contributed by atoms with Crippen LogP contribution in [0.5, 0.6) is 0 Å². The van der Waals surface area contributed by atoms with Crippen molar-refractivity contribution in [2.24, 2.45) is 4.99 Å². The number of thiophene rings is 1. The fourth-order valence-electron chi connectivity index (χ4n) is 1.36. The van der Waals surface area contributed by atoms with Crippen LogP contribution in [0.1, 0.15) is 16.6 Å². The number of aliphatic hydroxyl groups is 1. The van der Waals surface area contributed by atoms with E-state index in [1.54, 1.807) is 0 Å². The van der Waals surface area contributed by atoms with Crippen LogP contribution in [-0.4, -0.2) is 43.2 Å². The Kier molecular flexibility index (Phi) is 6.31. The molecule has 0 aliphatic rings.